The van der Waals surface area contributed by atoms with E-state index in [1.807, 2.05) is 17.0 Å². The quantitative estimate of drug-likeness (QED) is 0.799. The minimum atomic E-state index is -0.293. The molecule has 1 saturated heterocycles. The summed E-state index contributed by atoms with van der Waals surface area (Å²) in [4.78, 5) is 28.8. The van der Waals surface area contributed by atoms with Crippen LogP contribution < -0.4 is 4.74 Å². The molecule has 2 aromatic carbocycles. The van der Waals surface area contributed by atoms with Crippen LogP contribution in [-0.4, -0.2) is 47.8 Å². The van der Waals surface area contributed by atoms with E-state index in [1.165, 1.54) is 12.1 Å². The summed E-state index contributed by atoms with van der Waals surface area (Å²) in [5, 5.41) is 0. The summed E-state index contributed by atoms with van der Waals surface area (Å²) in [6.07, 6.45) is 1.99. The van der Waals surface area contributed by atoms with Crippen LogP contribution in [0.3, 0.4) is 0 Å². The maximum Gasteiger partial charge on any atom is 0.257 e. The van der Waals surface area contributed by atoms with E-state index in [9.17, 15) is 14.0 Å². The monoisotopic (exact) mass is 382 g/mol. The van der Waals surface area contributed by atoms with Crippen LogP contribution in [0.15, 0.2) is 48.5 Å². The van der Waals surface area contributed by atoms with E-state index in [2.05, 4.69) is 0 Å². The Morgan fingerprint density at radius 2 is 1.57 bits per heavy atom. The van der Waals surface area contributed by atoms with E-state index < -0.39 is 0 Å². The molecule has 2 aliphatic rings. The van der Waals surface area contributed by atoms with Crippen LogP contribution in [-0.2, 0) is 11.4 Å². The predicted molar refractivity (Wildman–Crippen MR) is 102 cm³/mol. The third-order valence-corrected chi connectivity index (χ3v) is 5.23. The second-order valence-electron chi connectivity index (χ2n) is 7.30. The Morgan fingerprint density at radius 3 is 2.25 bits per heavy atom. The molecule has 0 unspecified atom stereocenters. The fourth-order valence-electron chi connectivity index (χ4n) is 3.40. The number of hydrogen-bond acceptors (Lipinski definition) is 3. The van der Waals surface area contributed by atoms with Crippen molar-refractivity contribution in [1.29, 1.82) is 0 Å². The van der Waals surface area contributed by atoms with Crippen molar-refractivity contribution in [1.82, 2.24) is 9.80 Å². The molecule has 2 amide bonds. The van der Waals surface area contributed by atoms with Crippen molar-refractivity contribution < 1.29 is 18.7 Å². The van der Waals surface area contributed by atoms with Crippen molar-refractivity contribution in [3.63, 3.8) is 0 Å². The molecule has 0 radical (unpaired) electrons. The molecule has 2 fully saturated rings. The summed E-state index contributed by atoms with van der Waals surface area (Å²) >= 11 is 0. The van der Waals surface area contributed by atoms with Gasteiger partial charge in [-0.25, -0.2) is 4.39 Å². The predicted octanol–water partition coefficient (Wildman–Crippen LogP) is 3.10. The number of piperazine rings is 1. The van der Waals surface area contributed by atoms with Gasteiger partial charge in [0.05, 0.1) is 5.56 Å². The lowest BCUT2D eigenvalue weighted by atomic mass is 10.1. The highest BCUT2D eigenvalue weighted by atomic mass is 19.1. The summed E-state index contributed by atoms with van der Waals surface area (Å²) < 4.78 is 18.9. The Hall–Kier alpha value is -2.89. The van der Waals surface area contributed by atoms with Crippen molar-refractivity contribution in [2.75, 3.05) is 26.2 Å². The van der Waals surface area contributed by atoms with E-state index in [1.54, 1.807) is 29.2 Å². The molecule has 2 aromatic rings. The smallest absolute Gasteiger partial charge is 0.257 e. The Labute approximate surface area is 163 Å². The van der Waals surface area contributed by atoms with Crippen LogP contribution in [0.25, 0.3) is 0 Å². The van der Waals surface area contributed by atoms with Crippen LogP contribution in [0.4, 0.5) is 4.39 Å². The highest BCUT2D eigenvalue weighted by molar-refractivity contribution is 5.97. The lowest BCUT2D eigenvalue weighted by molar-refractivity contribution is -0.134. The van der Waals surface area contributed by atoms with E-state index in [0.717, 1.165) is 18.4 Å². The van der Waals surface area contributed by atoms with Gasteiger partial charge in [-0.15, -0.1) is 0 Å². The van der Waals surface area contributed by atoms with Gasteiger partial charge in [-0.2, -0.15) is 0 Å². The molecule has 4 rings (SSSR count). The number of benzene rings is 2. The molecule has 28 heavy (non-hydrogen) atoms. The van der Waals surface area contributed by atoms with E-state index >= 15 is 0 Å². The van der Waals surface area contributed by atoms with Crippen molar-refractivity contribution in [3.05, 3.63) is 65.5 Å². The van der Waals surface area contributed by atoms with Crippen LogP contribution in [0.5, 0.6) is 5.75 Å². The summed E-state index contributed by atoms with van der Waals surface area (Å²) in [6.45, 7) is 2.49. The van der Waals surface area contributed by atoms with Gasteiger partial charge < -0.3 is 14.5 Å². The third kappa shape index (κ3) is 4.16. The fourth-order valence-corrected chi connectivity index (χ4v) is 3.40. The van der Waals surface area contributed by atoms with Gasteiger partial charge in [0.2, 0.25) is 5.91 Å². The minimum Gasteiger partial charge on any atom is -0.488 e. The molecule has 0 spiro atoms. The highest BCUT2D eigenvalue weighted by Gasteiger charge is 2.35. The lowest BCUT2D eigenvalue weighted by Crippen LogP contribution is -2.51. The number of hydrogen-bond donors (Lipinski definition) is 0. The number of nitrogens with zero attached hydrogens (tertiary/aromatic N) is 2. The van der Waals surface area contributed by atoms with Gasteiger partial charge in [0.15, 0.2) is 0 Å². The number of halogens is 1. The number of para-hydroxylation sites is 1. The molecule has 5 nitrogen and oxygen atoms in total. The normalized spacial score (nSPS) is 16.8. The molecule has 1 heterocycles. The molecule has 146 valence electrons. The first kappa shape index (κ1) is 18.5. The molecular weight excluding hydrogens is 359 g/mol. The number of amides is 2. The van der Waals surface area contributed by atoms with E-state index in [-0.39, 0.29) is 30.2 Å². The van der Waals surface area contributed by atoms with Gasteiger partial charge >= 0.3 is 0 Å². The Bertz CT molecular complexity index is 856. The standard InChI is InChI=1S/C22H23FN2O3/c23-18-9-5-16(6-10-18)15-28-20-4-2-1-3-19(20)22(27)25-13-11-24(12-14-25)21(26)17-7-8-17/h1-6,9-10,17H,7-8,11-15H2. The molecule has 0 bridgehead atoms. The highest BCUT2D eigenvalue weighted by Crippen LogP contribution is 2.31. The Balaban J connectivity index is 1.39. The van der Waals surface area contributed by atoms with Crippen LogP contribution in [0.2, 0.25) is 0 Å². The van der Waals surface area contributed by atoms with E-state index in [0.29, 0.717) is 37.5 Å². The summed E-state index contributed by atoms with van der Waals surface area (Å²) in [5.74, 6) is 0.568. The molecular formula is C22H23FN2O3. The number of rotatable bonds is 5. The van der Waals surface area contributed by atoms with Crippen molar-refractivity contribution in [3.8, 4) is 5.75 Å². The topological polar surface area (TPSA) is 49.9 Å². The molecule has 0 atom stereocenters. The average molecular weight is 382 g/mol. The van der Waals surface area contributed by atoms with Gasteiger partial charge in [-0.3, -0.25) is 9.59 Å². The SMILES string of the molecule is O=C(c1ccccc1OCc1ccc(F)cc1)N1CCN(C(=O)C2CC2)CC1. The third-order valence-electron chi connectivity index (χ3n) is 5.23. The van der Waals surface area contributed by atoms with Gasteiger partial charge in [0, 0.05) is 32.1 Å². The van der Waals surface area contributed by atoms with Crippen LogP contribution >= 0.6 is 0 Å². The second-order valence-corrected chi connectivity index (χ2v) is 7.30. The zero-order valence-corrected chi connectivity index (χ0v) is 15.6. The van der Waals surface area contributed by atoms with Gasteiger partial charge in [-0.1, -0.05) is 24.3 Å². The zero-order valence-electron chi connectivity index (χ0n) is 15.6. The average Bonchev–Trinajstić information content (AvgIpc) is 3.58. The molecule has 0 N–H and O–H groups in total. The zero-order chi connectivity index (χ0) is 19.5. The maximum absolute atomic E-state index is 13.0. The van der Waals surface area contributed by atoms with Gasteiger partial charge in [0.1, 0.15) is 18.2 Å². The van der Waals surface area contributed by atoms with Crippen molar-refractivity contribution in [2.45, 2.75) is 19.4 Å². The minimum absolute atomic E-state index is 0.0896. The van der Waals surface area contributed by atoms with E-state index in [4.69, 9.17) is 4.74 Å². The van der Waals surface area contributed by atoms with Gasteiger partial charge in [0.25, 0.3) is 5.91 Å². The largest absolute Gasteiger partial charge is 0.488 e. The summed E-state index contributed by atoms with van der Waals surface area (Å²) in [5.41, 5.74) is 1.34. The summed E-state index contributed by atoms with van der Waals surface area (Å²) in [6, 6.07) is 13.3. The number of carbonyl (C=O) groups is 2. The van der Waals surface area contributed by atoms with Crippen molar-refractivity contribution in [2.24, 2.45) is 5.92 Å². The maximum atomic E-state index is 13.0. The Kier molecular flexibility index (Phi) is 5.28. The van der Waals surface area contributed by atoms with Crippen molar-refractivity contribution >= 4 is 11.8 Å². The molecule has 1 aliphatic carbocycles. The number of carbonyl (C=O) groups excluding carboxylic acids is 2. The molecule has 0 aromatic heterocycles. The first-order valence-corrected chi connectivity index (χ1v) is 9.66. The molecule has 1 saturated carbocycles. The van der Waals surface area contributed by atoms with Crippen LogP contribution in [0.1, 0.15) is 28.8 Å². The van der Waals surface area contributed by atoms with Gasteiger partial charge in [-0.05, 0) is 42.7 Å². The van der Waals surface area contributed by atoms with Crippen LogP contribution in [0, 0.1) is 11.7 Å². The fraction of sp³-hybridized carbons (Fsp3) is 0.364. The lowest BCUT2D eigenvalue weighted by Gasteiger charge is -2.35. The first-order valence-electron chi connectivity index (χ1n) is 9.66. The summed E-state index contributed by atoms with van der Waals surface area (Å²) in [7, 11) is 0. The number of ether oxygens (including phenoxy) is 1. The molecule has 6 heteroatoms. The second kappa shape index (κ2) is 8.00. The molecule has 1 aliphatic heterocycles. The first-order chi connectivity index (χ1) is 13.6. The Morgan fingerprint density at radius 1 is 0.929 bits per heavy atom.